The van der Waals surface area contributed by atoms with E-state index in [9.17, 15) is 0 Å². The van der Waals surface area contributed by atoms with Gasteiger partial charge in [-0.15, -0.1) is 0 Å². The molecule has 0 heterocycles. The van der Waals surface area contributed by atoms with Gasteiger partial charge >= 0.3 is 0 Å². The third-order valence-corrected chi connectivity index (χ3v) is 3.29. The first-order valence-electron chi connectivity index (χ1n) is 6.50. The zero-order chi connectivity index (χ0) is 12.8. The fourth-order valence-electron chi connectivity index (χ4n) is 2.28. The van der Waals surface area contributed by atoms with Crippen LogP contribution in [-0.4, -0.2) is 26.8 Å². The van der Waals surface area contributed by atoms with Crippen molar-refractivity contribution >= 4 is 10.8 Å². The number of hydrogen-bond donors (Lipinski definition) is 1. The third-order valence-electron chi connectivity index (χ3n) is 3.29. The van der Waals surface area contributed by atoms with Gasteiger partial charge in [0.05, 0.1) is 6.61 Å². The van der Waals surface area contributed by atoms with E-state index in [1.165, 1.54) is 16.3 Å². The van der Waals surface area contributed by atoms with Crippen molar-refractivity contribution < 1.29 is 4.74 Å². The molecule has 2 rings (SSSR count). The van der Waals surface area contributed by atoms with E-state index in [1.807, 2.05) is 0 Å². The molecular formula is C16H21NO. The summed E-state index contributed by atoms with van der Waals surface area (Å²) in [5.41, 5.74) is 1.41. The summed E-state index contributed by atoms with van der Waals surface area (Å²) in [7, 11) is 1.73. The molecule has 2 aromatic carbocycles. The minimum absolute atomic E-state index is 0.507. The third kappa shape index (κ3) is 3.09. The highest BCUT2D eigenvalue weighted by molar-refractivity contribution is 5.86. The van der Waals surface area contributed by atoms with Crippen molar-refractivity contribution in [2.45, 2.75) is 12.8 Å². The van der Waals surface area contributed by atoms with Crippen LogP contribution in [0.5, 0.6) is 0 Å². The molecule has 0 aliphatic heterocycles. The number of fused-ring (bicyclic) bond motifs is 1. The van der Waals surface area contributed by atoms with Crippen LogP contribution in [0.3, 0.4) is 0 Å². The van der Waals surface area contributed by atoms with Gasteiger partial charge in [-0.1, -0.05) is 49.4 Å². The topological polar surface area (TPSA) is 21.3 Å². The lowest BCUT2D eigenvalue weighted by molar-refractivity contribution is 0.199. The first-order valence-corrected chi connectivity index (χ1v) is 6.50. The van der Waals surface area contributed by atoms with Crippen LogP contribution >= 0.6 is 0 Å². The Hall–Kier alpha value is -1.38. The van der Waals surface area contributed by atoms with E-state index in [4.69, 9.17) is 4.74 Å². The summed E-state index contributed by atoms with van der Waals surface area (Å²) in [6.45, 7) is 4.92. The van der Waals surface area contributed by atoms with E-state index in [1.54, 1.807) is 7.11 Å². The summed E-state index contributed by atoms with van der Waals surface area (Å²) in [6.07, 6.45) is 0. The smallest absolute Gasteiger partial charge is 0.0587 e. The predicted molar refractivity (Wildman–Crippen MR) is 77.1 cm³/mol. The Bertz CT molecular complexity index is 490. The highest BCUT2D eigenvalue weighted by Crippen LogP contribution is 2.24. The second kappa shape index (κ2) is 6.53. The molecule has 0 aliphatic rings. The quantitative estimate of drug-likeness (QED) is 0.787. The summed E-state index contributed by atoms with van der Waals surface area (Å²) in [5, 5.41) is 6.10. The number of hydrogen-bond acceptors (Lipinski definition) is 2. The Morgan fingerprint density at radius 1 is 1.11 bits per heavy atom. The SMILES string of the molecule is COCCNCC(C)c1cccc2ccccc12. The molecule has 1 unspecified atom stereocenters. The second-order valence-electron chi connectivity index (χ2n) is 4.67. The Morgan fingerprint density at radius 2 is 1.89 bits per heavy atom. The minimum atomic E-state index is 0.507. The van der Waals surface area contributed by atoms with Crippen LogP contribution in [0.1, 0.15) is 18.4 Å². The van der Waals surface area contributed by atoms with Crippen LogP contribution in [0, 0.1) is 0 Å². The van der Waals surface area contributed by atoms with Crippen LogP contribution in [0.2, 0.25) is 0 Å². The average molecular weight is 243 g/mol. The Morgan fingerprint density at radius 3 is 2.72 bits per heavy atom. The molecule has 0 aliphatic carbocycles. The monoisotopic (exact) mass is 243 g/mol. The zero-order valence-electron chi connectivity index (χ0n) is 11.1. The summed E-state index contributed by atoms with van der Waals surface area (Å²) >= 11 is 0. The second-order valence-corrected chi connectivity index (χ2v) is 4.67. The van der Waals surface area contributed by atoms with Gasteiger partial charge in [-0.3, -0.25) is 0 Å². The Labute approximate surface area is 109 Å². The summed E-state index contributed by atoms with van der Waals surface area (Å²) in [4.78, 5) is 0. The lowest BCUT2D eigenvalue weighted by atomic mass is 9.95. The predicted octanol–water partition coefficient (Wildman–Crippen LogP) is 3.18. The van der Waals surface area contributed by atoms with E-state index in [0.717, 1.165) is 19.7 Å². The maximum atomic E-state index is 5.04. The van der Waals surface area contributed by atoms with E-state index in [0.29, 0.717) is 5.92 Å². The molecule has 1 N–H and O–H groups in total. The molecule has 1 atom stereocenters. The lowest BCUT2D eigenvalue weighted by Crippen LogP contribution is -2.24. The maximum absolute atomic E-state index is 5.04. The van der Waals surface area contributed by atoms with Gasteiger partial charge in [-0.05, 0) is 22.3 Å². The van der Waals surface area contributed by atoms with Gasteiger partial charge in [0.15, 0.2) is 0 Å². The van der Waals surface area contributed by atoms with E-state index >= 15 is 0 Å². The number of rotatable bonds is 6. The van der Waals surface area contributed by atoms with Crippen molar-refractivity contribution in [3.63, 3.8) is 0 Å². The normalized spacial score (nSPS) is 12.8. The molecule has 0 fully saturated rings. The van der Waals surface area contributed by atoms with Crippen molar-refractivity contribution in [3.05, 3.63) is 48.0 Å². The summed E-state index contributed by atoms with van der Waals surface area (Å²) in [5.74, 6) is 0.507. The Kier molecular flexibility index (Phi) is 4.73. The number of methoxy groups -OCH3 is 1. The van der Waals surface area contributed by atoms with E-state index in [2.05, 4.69) is 54.7 Å². The van der Waals surface area contributed by atoms with Crippen molar-refractivity contribution in [2.75, 3.05) is 26.8 Å². The molecule has 18 heavy (non-hydrogen) atoms. The number of benzene rings is 2. The van der Waals surface area contributed by atoms with Gasteiger partial charge in [0.2, 0.25) is 0 Å². The molecule has 0 radical (unpaired) electrons. The van der Waals surface area contributed by atoms with Crippen molar-refractivity contribution in [2.24, 2.45) is 0 Å². The van der Waals surface area contributed by atoms with Gasteiger partial charge in [-0.25, -0.2) is 0 Å². The zero-order valence-corrected chi connectivity index (χ0v) is 11.1. The summed E-state index contributed by atoms with van der Waals surface area (Å²) < 4.78 is 5.04. The van der Waals surface area contributed by atoms with Gasteiger partial charge in [0.25, 0.3) is 0 Å². The molecule has 2 aromatic rings. The summed E-state index contributed by atoms with van der Waals surface area (Å²) in [6, 6.07) is 15.1. The van der Waals surface area contributed by atoms with Crippen molar-refractivity contribution in [1.82, 2.24) is 5.32 Å². The van der Waals surface area contributed by atoms with Crippen molar-refractivity contribution in [3.8, 4) is 0 Å². The molecule has 2 heteroatoms. The highest BCUT2D eigenvalue weighted by atomic mass is 16.5. The van der Waals surface area contributed by atoms with Gasteiger partial charge in [-0.2, -0.15) is 0 Å². The first kappa shape index (κ1) is 13.1. The maximum Gasteiger partial charge on any atom is 0.0587 e. The van der Waals surface area contributed by atoms with Crippen LogP contribution in [0.4, 0.5) is 0 Å². The fourth-order valence-corrected chi connectivity index (χ4v) is 2.28. The molecular weight excluding hydrogens is 222 g/mol. The van der Waals surface area contributed by atoms with Crippen LogP contribution in [-0.2, 0) is 4.74 Å². The van der Waals surface area contributed by atoms with Gasteiger partial charge in [0.1, 0.15) is 0 Å². The Balaban J connectivity index is 2.10. The van der Waals surface area contributed by atoms with Crippen molar-refractivity contribution in [1.29, 1.82) is 0 Å². The molecule has 0 saturated heterocycles. The first-order chi connectivity index (χ1) is 8.83. The standard InChI is InChI=1S/C16H21NO/c1-13(12-17-10-11-18-2)15-9-5-7-14-6-3-4-8-16(14)15/h3-9,13,17H,10-12H2,1-2H3. The van der Waals surface area contributed by atoms with E-state index in [-0.39, 0.29) is 0 Å². The van der Waals surface area contributed by atoms with Gasteiger partial charge < -0.3 is 10.1 Å². The largest absolute Gasteiger partial charge is 0.383 e. The van der Waals surface area contributed by atoms with Crippen LogP contribution < -0.4 is 5.32 Å². The molecule has 0 amide bonds. The molecule has 0 bridgehead atoms. The molecule has 0 aromatic heterocycles. The molecule has 96 valence electrons. The average Bonchev–Trinajstić information content (AvgIpc) is 2.43. The van der Waals surface area contributed by atoms with Crippen LogP contribution in [0.15, 0.2) is 42.5 Å². The molecule has 2 nitrogen and oxygen atoms in total. The molecule has 0 saturated carbocycles. The molecule has 0 spiro atoms. The van der Waals surface area contributed by atoms with E-state index < -0.39 is 0 Å². The van der Waals surface area contributed by atoms with Crippen LogP contribution in [0.25, 0.3) is 10.8 Å². The minimum Gasteiger partial charge on any atom is -0.383 e. The number of ether oxygens (including phenoxy) is 1. The lowest BCUT2D eigenvalue weighted by Gasteiger charge is -2.15. The van der Waals surface area contributed by atoms with Gasteiger partial charge in [0, 0.05) is 20.2 Å². The fraction of sp³-hybridized carbons (Fsp3) is 0.375. The highest BCUT2D eigenvalue weighted by Gasteiger charge is 2.08. The number of nitrogens with one attached hydrogen (secondary N) is 1.